The molecule has 2 rings (SSSR count). The summed E-state index contributed by atoms with van der Waals surface area (Å²) in [5.41, 5.74) is 2.98. The number of nitrogens with zero attached hydrogens (tertiary/aromatic N) is 1. The van der Waals surface area contributed by atoms with Gasteiger partial charge in [0.1, 0.15) is 0 Å². The molecule has 0 atom stereocenters. The highest BCUT2D eigenvalue weighted by Gasteiger charge is 2.21. The SMILES string of the molecule is C=C/C=C\C=C1/CC2=C(C=NCCC2)NC1=O.CC. The number of allylic oxidation sites excluding steroid dienone is 6. The lowest BCUT2D eigenvalue weighted by Gasteiger charge is -2.19. The molecular weight excluding hydrogens is 236 g/mol. The van der Waals surface area contributed by atoms with Gasteiger partial charge in [-0.15, -0.1) is 0 Å². The average Bonchev–Trinajstić information content (AvgIpc) is 2.66. The van der Waals surface area contributed by atoms with Gasteiger partial charge in [-0.2, -0.15) is 0 Å². The van der Waals surface area contributed by atoms with Gasteiger partial charge in [0.25, 0.3) is 5.91 Å². The van der Waals surface area contributed by atoms with E-state index >= 15 is 0 Å². The Kier molecular flexibility index (Phi) is 6.58. The van der Waals surface area contributed by atoms with Crippen LogP contribution in [0.5, 0.6) is 0 Å². The van der Waals surface area contributed by atoms with Gasteiger partial charge in [0, 0.05) is 24.8 Å². The lowest BCUT2D eigenvalue weighted by atomic mass is 9.95. The van der Waals surface area contributed by atoms with Crippen molar-refractivity contribution in [3.63, 3.8) is 0 Å². The van der Waals surface area contributed by atoms with Crippen molar-refractivity contribution in [3.05, 3.63) is 47.7 Å². The second kappa shape index (κ2) is 8.25. The lowest BCUT2D eigenvalue weighted by molar-refractivity contribution is -0.117. The molecule has 2 aliphatic heterocycles. The van der Waals surface area contributed by atoms with Gasteiger partial charge in [-0.3, -0.25) is 9.79 Å². The number of hydrogen-bond acceptors (Lipinski definition) is 2. The van der Waals surface area contributed by atoms with Crippen molar-refractivity contribution in [1.29, 1.82) is 0 Å². The van der Waals surface area contributed by atoms with Gasteiger partial charge in [-0.25, -0.2) is 0 Å². The fourth-order valence-electron chi connectivity index (χ4n) is 1.97. The maximum absolute atomic E-state index is 11.8. The summed E-state index contributed by atoms with van der Waals surface area (Å²) in [6.07, 6.45) is 11.8. The van der Waals surface area contributed by atoms with Crippen molar-refractivity contribution in [2.45, 2.75) is 33.1 Å². The molecule has 102 valence electrons. The second-order valence-electron chi connectivity index (χ2n) is 4.10. The molecule has 0 radical (unpaired) electrons. The number of carbonyl (C=O) groups is 1. The largest absolute Gasteiger partial charge is 0.321 e. The van der Waals surface area contributed by atoms with E-state index in [-0.39, 0.29) is 5.91 Å². The molecule has 0 aromatic carbocycles. The van der Waals surface area contributed by atoms with Gasteiger partial charge in [-0.05, 0) is 18.4 Å². The molecule has 0 aliphatic carbocycles. The van der Waals surface area contributed by atoms with Crippen molar-refractivity contribution in [3.8, 4) is 0 Å². The van der Waals surface area contributed by atoms with E-state index in [1.807, 2.05) is 32.1 Å². The number of hydrogen-bond donors (Lipinski definition) is 1. The van der Waals surface area contributed by atoms with Crippen LogP contribution in [0.25, 0.3) is 0 Å². The smallest absolute Gasteiger partial charge is 0.251 e. The van der Waals surface area contributed by atoms with Crippen LogP contribution in [-0.2, 0) is 4.79 Å². The molecule has 1 amide bonds. The van der Waals surface area contributed by atoms with Crippen LogP contribution in [0, 0.1) is 0 Å². The normalized spacial score (nSPS) is 20.5. The van der Waals surface area contributed by atoms with E-state index in [0.29, 0.717) is 0 Å². The van der Waals surface area contributed by atoms with Crippen molar-refractivity contribution in [2.24, 2.45) is 4.99 Å². The van der Waals surface area contributed by atoms with E-state index in [1.54, 1.807) is 12.3 Å². The molecule has 0 spiro atoms. The molecule has 0 aromatic rings. The van der Waals surface area contributed by atoms with E-state index < -0.39 is 0 Å². The van der Waals surface area contributed by atoms with Crippen LogP contribution in [0.3, 0.4) is 0 Å². The maximum Gasteiger partial charge on any atom is 0.251 e. The van der Waals surface area contributed by atoms with Crippen LogP contribution < -0.4 is 5.32 Å². The van der Waals surface area contributed by atoms with Crippen molar-refractivity contribution in [2.75, 3.05) is 6.54 Å². The minimum Gasteiger partial charge on any atom is -0.321 e. The number of carbonyl (C=O) groups excluding carboxylic acids is 1. The Morgan fingerprint density at radius 3 is 2.89 bits per heavy atom. The second-order valence-corrected chi connectivity index (χ2v) is 4.10. The van der Waals surface area contributed by atoms with Gasteiger partial charge >= 0.3 is 0 Å². The van der Waals surface area contributed by atoms with E-state index in [2.05, 4.69) is 16.9 Å². The van der Waals surface area contributed by atoms with Crippen LogP contribution in [0.1, 0.15) is 33.1 Å². The third kappa shape index (κ3) is 4.36. The summed E-state index contributed by atoms with van der Waals surface area (Å²) in [5, 5.41) is 2.90. The summed E-state index contributed by atoms with van der Waals surface area (Å²) in [5.74, 6) is -0.0224. The average molecular weight is 258 g/mol. The van der Waals surface area contributed by atoms with Gasteiger partial charge in [0.05, 0.1) is 5.70 Å². The Labute approximate surface area is 115 Å². The number of nitrogens with one attached hydrogen (secondary N) is 1. The van der Waals surface area contributed by atoms with Crippen LogP contribution >= 0.6 is 0 Å². The minimum atomic E-state index is -0.0224. The number of aliphatic imine (C=N–C) groups is 1. The summed E-state index contributed by atoms with van der Waals surface area (Å²) < 4.78 is 0. The van der Waals surface area contributed by atoms with Crippen LogP contribution in [0.4, 0.5) is 0 Å². The first-order chi connectivity index (χ1) is 9.31. The molecule has 0 saturated heterocycles. The molecule has 19 heavy (non-hydrogen) atoms. The zero-order chi connectivity index (χ0) is 14.1. The summed E-state index contributed by atoms with van der Waals surface area (Å²) in [4.78, 5) is 16.1. The van der Waals surface area contributed by atoms with E-state index in [9.17, 15) is 4.79 Å². The standard InChI is InChI=1S/C14H16N2O.C2H6/c1-2-3-4-6-12-9-11-7-5-8-15-10-13(11)16-14(12)17;1-2/h2-4,6,10H,1,5,7-9H2,(H,16,17);1-2H3/b4-3-,12-6+;. The predicted molar refractivity (Wildman–Crippen MR) is 81.1 cm³/mol. The quantitative estimate of drug-likeness (QED) is 0.599. The van der Waals surface area contributed by atoms with Crippen LogP contribution in [0.2, 0.25) is 0 Å². The van der Waals surface area contributed by atoms with Gasteiger partial charge in [-0.1, -0.05) is 44.7 Å². The lowest BCUT2D eigenvalue weighted by Crippen LogP contribution is -2.30. The topological polar surface area (TPSA) is 41.5 Å². The van der Waals surface area contributed by atoms with E-state index in [0.717, 1.165) is 37.1 Å². The molecule has 3 nitrogen and oxygen atoms in total. The Morgan fingerprint density at radius 2 is 2.16 bits per heavy atom. The van der Waals surface area contributed by atoms with Crippen LogP contribution in [0.15, 0.2) is 52.7 Å². The Hall–Kier alpha value is -1.90. The van der Waals surface area contributed by atoms with E-state index in [1.165, 1.54) is 5.57 Å². The zero-order valence-corrected chi connectivity index (χ0v) is 11.8. The highest BCUT2D eigenvalue weighted by atomic mass is 16.1. The monoisotopic (exact) mass is 258 g/mol. The molecule has 3 heteroatoms. The van der Waals surface area contributed by atoms with Gasteiger partial charge < -0.3 is 5.32 Å². The summed E-state index contributed by atoms with van der Waals surface area (Å²) in [6.45, 7) is 8.44. The summed E-state index contributed by atoms with van der Waals surface area (Å²) in [6, 6.07) is 0. The molecule has 0 unspecified atom stereocenters. The molecular formula is C16H22N2O. The predicted octanol–water partition coefficient (Wildman–Crippen LogP) is 3.32. The Bertz CT molecular complexity index is 453. The molecule has 1 N–H and O–H groups in total. The zero-order valence-electron chi connectivity index (χ0n) is 11.8. The molecule has 2 heterocycles. The van der Waals surface area contributed by atoms with E-state index in [4.69, 9.17) is 0 Å². The first-order valence-corrected chi connectivity index (χ1v) is 6.82. The molecule has 0 saturated carbocycles. The third-order valence-electron chi connectivity index (χ3n) is 2.86. The van der Waals surface area contributed by atoms with Gasteiger partial charge in [0.15, 0.2) is 0 Å². The first kappa shape index (κ1) is 15.2. The summed E-state index contributed by atoms with van der Waals surface area (Å²) in [7, 11) is 0. The van der Waals surface area contributed by atoms with Crippen molar-refractivity contribution in [1.82, 2.24) is 5.32 Å². The van der Waals surface area contributed by atoms with Gasteiger partial charge in [0.2, 0.25) is 0 Å². The number of amides is 1. The first-order valence-electron chi connectivity index (χ1n) is 6.82. The molecule has 2 aliphatic rings. The molecule has 0 aromatic heterocycles. The number of rotatable bonds is 2. The highest BCUT2D eigenvalue weighted by Crippen LogP contribution is 2.24. The fourth-order valence-corrected chi connectivity index (χ4v) is 1.97. The summed E-state index contributed by atoms with van der Waals surface area (Å²) >= 11 is 0. The highest BCUT2D eigenvalue weighted by molar-refractivity contribution is 6.01. The minimum absolute atomic E-state index is 0.0224. The third-order valence-corrected chi connectivity index (χ3v) is 2.86. The molecule has 0 fully saturated rings. The van der Waals surface area contributed by atoms with Crippen molar-refractivity contribution < 1.29 is 4.79 Å². The van der Waals surface area contributed by atoms with Crippen LogP contribution in [-0.4, -0.2) is 18.7 Å². The fraction of sp³-hybridized carbons (Fsp3) is 0.375. The molecule has 0 bridgehead atoms. The Morgan fingerprint density at radius 1 is 1.37 bits per heavy atom. The van der Waals surface area contributed by atoms with Crippen molar-refractivity contribution >= 4 is 12.1 Å². The Balaban J connectivity index is 0.000000861. The maximum atomic E-state index is 11.8.